The Morgan fingerprint density at radius 2 is 1.07 bits per heavy atom. The van der Waals surface area contributed by atoms with Crippen molar-refractivity contribution in [2.45, 2.75) is 0 Å². The molecule has 0 spiro atoms. The topological polar surface area (TPSA) is 64.5 Å². The third-order valence-corrected chi connectivity index (χ3v) is 8.62. The molecular weight excluding hydrogens is 562 g/mol. The first-order chi connectivity index (χ1) is 22.8. The lowest BCUT2D eigenvalue weighted by Gasteiger charge is -2.11. The summed E-state index contributed by atoms with van der Waals surface area (Å²) in [6.45, 7) is 0. The normalized spacial score (nSPS) is 11.5. The number of rotatable bonds is 4. The number of hydrogen-bond donors (Lipinski definition) is 0. The molecule has 0 fully saturated rings. The van der Waals surface area contributed by atoms with Crippen molar-refractivity contribution < 1.29 is 0 Å². The predicted molar refractivity (Wildman–Crippen MR) is 187 cm³/mol. The van der Waals surface area contributed by atoms with E-state index in [1.54, 1.807) is 6.20 Å². The van der Waals surface area contributed by atoms with Crippen molar-refractivity contribution >= 4 is 43.6 Å². The molecule has 0 aliphatic carbocycles. The van der Waals surface area contributed by atoms with Crippen LogP contribution in [0, 0.1) is 0 Å². The summed E-state index contributed by atoms with van der Waals surface area (Å²) in [7, 11) is 0. The Morgan fingerprint density at radius 1 is 0.391 bits per heavy atom. The van der Waals surface area contributed by atoms with Gasteiger partial charge in [0.25, 0.3) is 0 Å². The Balaban J connectivity index is 1.03. The number of nitrogens with zero attached hydrogens (tertiary/aromatic N) is 5. The molecule has 5 nitrogen and oxygen atoms in total. The van der Waals surface area contributed by atoms with Crippen LogP contribution in [-0.4, -0.2) is 24.9 Å². The molecule has 46 heavy (non-hydrogen) atoms. The summed E-state index contributed by atoms with van der Waals surface area (Å²) >= 11 is 0. The van der Waals surface area contributed by atoms with Crippen LogP contribution in [-0.2, 0) is 0 Å². The van der Waals surface area contributed by atoms with E-state index in [9.17, 15) is 0 Å². The number of aromatic nitrogens is 5. The van der Waals surface area contributed by atoms with Crippen LogP contribution in [0.1, 0.15) is 0 Å². The fourth-order valence-corrected chi connectivity index (χ4v) is 6.27. The molecular formula is C41H25N5. The highest BCUT2D eigenvalue weighted by molar-refractivity contribution is 6.10. The first-order valence-corrected chi connectivity index (χ1v) is 15.2. The molecule has 0 atom stereocenters. The summed E-state index contributed by atoms with van der Waals surface area (Å²) < 4.78 is 0. The molecule has 0 unspecified atom stereocenters. The molecule has 5 heterocycles. The van der Waals surface area contributed by atoms with Gasteiger partial charge in [-0.3, -0.25) is 15.0 Å². The number of benzene rings is 4. The molecule has 0 saturated carbocycles. The van der Waals surface area contributed by atoms with Gasteiger partial charge in [0.15, 0.2) is 0 Å². The summed E-state index contributed by atoms with van der Waals surface area (Å²) in [5.74, 6) is 0. The van der Waals surface area contributed by atoms with E-state index in [2.05, 4.69) is 112 Å². The summed E-state index contributed by atoms with van der Waals surface area (Å²) in [5.41, 5.74) is 12.2. The van der Waals surface area contributed by atoms with Crippen molar-refractivity contribution in [1.82, 2.24) is 24.9 Å². The zero-order valence-corrected chi connectivity index (χ0v) is 24.7. The maximum Gasteiger partial charge on any atom is 0.0970 e. The van der Waals surface area contributed by atoms with Gasteiger partial charge in [0.1, 0.15) is 0 Å². The first-order valence-electron chi connectivity index (χ1n) is 15.2. The van der Waals surface area contributed by atoms with Crippen molar-refractivity contribution in [2.75, 3.05) is 0 Å². The van der Waals surface area contributed by atoms with E-state index in [1.165, 1.54) is 0 Å². The summed E-state index contributed by atoms with van der Waals surface area (Å²) in [5, 5.41) is 4.38. The fraction of sp³-hybridized carbons (Fsp3) is 0. The number of hydrogen-bond acceptors (Lipinski definition) is 5. The zero-order valence-electron chi connectivity index (χ0n) is 24.7. The van der Waals surface area contributed by atoms with Crippen LogP contribution in [0.25, 0.3) is 88.4 Å². The average Bonchev–Trinajstić information content (AvgIpc) is 3.14. The van der Waals surface area contributed by atoms with E-state index in [0.717, 1.165) is 88.4 Å². The predicted octanol–water partition coefficient (Wildman–Crippen LogP) is 9.94. The van der Waals surface area contributed by atoms with Gasteiger partial charge < -0.3 is 0 Å². The van der Waals surface area contributed by atoms with Crippen molar-refractivity contribution in [3.8, 4) is 44.8 Å². The molecule has 9 aromatic rings. The molecule has 0 saturated heterocycles. The highest BCUT2D eigenvalue weighted by Gasteiger charge is 2.11. The third-order valence-electron chi connectivity index (χ3n) is 8.62. The molecule has 0 bridgehead atoms. The second-order valence-electron chi connectivity index (χ2n) is 11.4. The standard InChI is InChI=1S/C41H25N5/c1-5-33(25-42-19-1)38-16-13-28-11-12-30(24-39(28)46-38)29-14-17-37-31(22-29)15-18-36(45-37)27-9-7-26(8-10-27)35-23-32-4-2-20-43-40(32)41-34(35)6-3-21-44-41/h1-25H. The molecule has 214 valence electrons. The first kappa shape index (κ1) is 26.1. The highest BCUT2D eigenvalue weighted by atomic mass is 14.7. The minimum atomic E-state index is 0.918. The van der Waals surface area contributed by atoms with Crippen LogP contribution < -0.4 is 0 Å². The monoisotopic (exact) mass is 587 g/mol. The molecule has 5 heteroatoms. The van der Waals surface area contributed by atoms with Crippen molar-refractivity contribution in [3.63, 3.8) is 0 Å². The van der Waals surface area contributed by atoms with Crippen LogP contribution in [0.15, 0.2) is 152 Å². The van der Waals surface area contributed by atoms with Gasteiger partial charge in [0.2, 0.25) is 0 Å². The zero-order chi connectivity index (χ0) is 30.5. The lowest BCUT2D eigenvalue weighted by molar-refractivity contribution is 1.30. The molecule has 0 amide bonds. The van der Waals surface area contributed by atoms with Gasteiger partial charge in [0, 0.05) is 57.5 Å². The minimum absolute atomic E-state index is 0.918. The Morgan fingerprint density at radius 3 is 1.93 bits per heavy atom. The van der Waals surface area contributed by atoms with Gasteiger partial charge in [-0.2, -0.15) is 0 Å². The molecule has 0 aliphatic heterocycles. The highest BCUT2D eigenvalue weighted by Crippen LogP contribution is 2.34. The minimum Gasteiger partial charge on any atom is -0.264 e. The van der Waals surface area contributed by atoms with E-state index in [1.807, 2.05) is 48.9 Å². The maximum atomic E-state index is 5.03. The van der Waals surface area contributed by atoms with Crippen LogP contribution in [0.5, 0.6) is 0 Å². The van der Waals surface area contributed by atoms with Crippen molar-refractivity contribution in [1.29, 1.82) is 0 Å². The van der Waals surface area contributed by atoms with Crippen LogP contribution in [0.2, 0.25) is 0 Å². The molecule has 4 aromatic carbocycles. The molecule has 0 radical (unpaired) electrons. The van der Waals surface area contributed by atoms with E-state index < -0.39 is 0 Å². The number of fused-ring (bicyclic) bond motifs is 5. The summed E-state index contributed by atoms with van der Waals surface area (Å²) in [4.78, 5) is 23.5. The van der Waals surface area contributed by atoms with Crippen molar-refractivity contribution in [3.05, 3.63) is 152 Å². The Hall–Kier alpha value is -6.33. The van der Waals surface area contributed by atoms with E-state index >= 15 is 0 Å². The Labute approximate surface area is 264 Å². The second kappa shape index (κ2) is 10.7. The lowest BCUT2D eigenvalue weighted by Crippen LogP contribution is -1.90. The average molecular weight is 588 g/mol. The van der Waals surface area contributed by atoms with Gasteiger partial charge >= 0.3 is 0 Å². The largest absolute Gasteiger partial charge is 0.264 e. The van der Waals surface area contributed by atoms with Gasteiger partial charge in [-0.05, 0) is 82.9 Å². The summed E-state index contributed by atoms with van der Waals surface area (Å²) in [6.07, 6.45) is 7.28. The van der Waals surface area contributed by atoms with Gasteiger partial charge in [-0.25, -0.2) is 9.97 Å². The SMILES string of the molecule is c1cncc(-c2ccc3ccc(-c4ccc5nc(-c6ccc(-c7cc8cccnc8c8ncccc78)cc6)ccc5c4)cc3n2)c1. The Bertz CT molecular complexity index is 2580. The van der Waals surface area contributed by atoms with Gasteiger partial charge in [-0.15, -0.1) is 0 Å². The second-order valence-corrected chi connectivity index (χ2v) is 11.4. The van der Waals surface area contributed by atoms with Gasteiger partial charge in [-0.1, -0.05) is 66.7 Å². The van der Waals surface area contributed by atoms with Gasteiger partial charge in [0.05, 0.1) is 33.5 Å². The molecule has 9 rings (SSSR count). The van der Waals surface area contributed by atoms with Crippen molar-refractivity contribution in [2.24, 2.45) is 0 Å². The molecule has 5 aromatic heterocycles. The smallest absolute Gasteiger partial charge is 0.0970 e. The van der Waals surface area contributed by atoms with E-state index in [0.29, 0.717) is 0 Å². The van der Waals surface area contributed by atoms with Crippen LogP contribution in [0.3, 0.4) is 0 Å². The quantitative estimate of drug-likeness (QED) is 0.192. The molecule has 0 N–H and O–H groups in total. The lowest BCUT2D eigenvalue weighted by atomic mass is 9.96. The maximum absolute atomic E-state index is 5.03. The third kappa shape index (κ3) is 4.54. The van der Waals surface area contributed by atoms with Crippen LogP contribution >= 0.6 is 0 Å². The number of pyridine rings is 5. The van der Waals surface area contributed by atoms with E-state index in [4.69, 9.17) is 9.97 Å². The summed E-state index contributed by atoms with van der Waals surface area (Å²) in [6, 6.07) is 44.3. The Kier molecular flexibility index (Phi) is 6.06. The fourth-order valence-electron chi connectivity index (χ4n) is 6.27. The van der Waals surface area contributed by atoms with E-state index in [-0.39, 0.29) is 0 Å². The molecule has 0 aliphatic rings. The van der Waals surface area contributed by atoms with Crippen LogP contribution in [0.4, 0.5) is 0 Å².